The van der Waals surface area contributed by atoms with Crippen LogP contribution in [0.5, 0.6) is 5.75 Å². The monoisotopic (exact) mass is 434 g/mol. The molecule has 0 unspecified atom stereocenters. The SMILES string of the molecule is Cc1nn(C)cc1CCC(=O)N1CCO[C@@](COc2ccc(Cl)cc2)(CC(N)=O)C1. The molecular weight excluding hydrogens is 408 g/mol. The molecule has 2 heterocycles. The van der Waals surface area contributed by atoms with E-state index in [0.717, 1.165) is 11.3 Å². The second-order valence-electron chi connectivity index (χ2n) is 7.65. The highest BCUT2D eigenvalue weighted by atomic mass is 35.5. The zero-order chi connectivity index (χ0) is 21.7. The van der Waals surface area contributed by atoms with Crippen molar-refractivity contribution in [1.29, 1.82) is 0 Å². The van der Waals surface area contributed by atoms with Crippen LogP contribution in [0, 0.1) is 6.92 Å². The van der Waals surface area contributed by atoms with Crippen LogP contribution in [0.3, 0.4) is 0 Å². The van der Waals surface area contributed by atoms with Crippen molar-refractivity contribution in [3.8, 4) is 5.75 Å². The van der Waals surface area contributed by atoms with E-state index in [1.807, 2.05) is 20.2 Å². The molecule has 9 heteroatoms. The van der Waals surface area contributed by atoms with E-state index < -0.39 is 11.5 Å². The second kappa shape index (κ2) is 9.49. The molecule has 162 valence electrons. The highest BCUT2D eigenvalue weighted by molar-refractivity contribution is 6.30. The van der Waals surface area contributed by atoms with Crippen molar-refractivity contribution in [2.24, 2.45) is 12.8 Å². The molecule has 1 aromatic carbocycles. The highest BCUT2D eigenvalue weighted by Gasteiger charge is 2.40. The highest BCUT2D eigenvalue weighted by Crippen LogP contribution is 2.25. The number of nitrogens with two attached hydrogens (primary N) is 1. The lowest BCUT2D eigenvalue weighted by atomic mass is 9.97. The minimum absolute atomic E-state index is 0.00175. The molecule has 2 N–H and O–H groups in total. The van der Waals surface area contributed by atoms with Crippen molar-refractivity contribution in [2.75, 3.05) is 26.3 Å². The standard InChI is InChI=1S/C21H27ClN4O4/c1-15-16(12-25(2)24-15)3-8-20(28)26-9-10-30-21(13-26,11-19(23)27)14-29-18-6-4-17(22)5-7-18/h4-7,12H,3,8-11,13-14H2,1-2H3,(H2,23,27)/t21-/m0/s1. The fourth-order valence-electron chi connectivity index (χ4n) is 3.66. The van der Waals surface area contributed by atoms with Crippen LogP contribution in [0.15, 0.2) is 30.5 Å². The third kappa shape index (κ3) is 5.73. The molecule has 1 saturated heterocycles. The largest absolute Gasteiger partial charge is 0.490 e. The third-order valence-corrected chi connectivity index (χ3v) is 5.39. The molecule has 3 rings (SSSR count). The number of hydrogen-bond acceptors (Lipinski definition) is 5. The molecule has 30 heavy (non-hydrogen) atoms. The van der Waals surface area contributed by atoms with Crippen molar-refractivity contribution in [3.63, 3.8) is 0 Å². The molecule has 0 radical (unpaired) electrons. The van der Waals surface area contributed by atoms with E-state index in [1.54, 1.807) is 33.8 Å². The van der Waals surface area contributed by atoms with Gasteiger partial charge in [-0.2, -0.15) is 5.10 Å². The Balaban J connectivity index is 1.64. The molecule has 1 fully saturated rings. The van der Waals surface area contributed by atoms with Gasteiger partial charge in [0, 0.05) is 31.2 Å². The summed E-state index contributed by atoms with van der Waals surface area (Å²) in [6.07, 6.45) is 2.86. The lowest BCUT2D eigenvalue weighted by Crippen LogP contribution is -2.58. The van der Waals surface area contributed by atoms with Crippen LogP contribution in [0.2, 0.25) is 5.02 Å². The van der Waals surface area contributed by atoms with Crippen LogP contribution in [0.25, 0.3) is 0 Å². The van der Waals surface area contributed by atoms with Crippen LogP contribution in [-0.4, -0.2) is 58.4 Å². The topological polar surface area (TPSA) is 99.7 Å². The number of morpholine rings is 1. The predicted molar refractivity (Wildman–Crippen MR) is 112 cm³/mol. The Morgan fingerprint density at radius 1 is 1.33 bits per heavy atom. The number of benzene rings is 1. The molecule has 2 aromatic rings. The first-order chi connectivity index (χ1) is 14.3. The van der Waals surface area contributed by atoms with Crippen LogP contribution >= 0.6 is 11.6 Å². The molecule has 2 amide bonds. The normalized spacial score (nSPS) is 19.0. The number of hydrogen-bond donors (Lipinski definition) is 1. The van der Waals surface area contributed by atoms with E-state index in [-0.39, 0.29) is 25.5 Å². The molecular formula is C21H27ClN4O4. The minimum atomic E-state index is -0.983. The lowest BCUT2D eigenvalue weighted by molar-refractivity contribution is -0.161. The average Bonchev–Trinajstić information content (AvgIpc) is 3.02. The fraction of sp³-hybridized carbons (Fsp3) is 0.476. The molecule has 0 aliphatic carbocycles. The van der Waals surface area contributed by atoms with Crippen molar-refractivity contribution in [2.45, 2.75) is 31.8 Å². The van der Waals surface area contributed by atoms with Crippen LogP contribution < -0.4 is 10.5 Å². The smallest absolute Gasteiger partial charge is 0.223 e. The van der Waals surface area contributed by atoms with Gasteiger partial charge in [-0.1, -0.05) is 11.6 Å². The van der Waals surface area contributed by atoms with Gasteiger partial charge >= 0.3 is 0 Å². The van der Waals surface area contributed by atoms with Crippen molar-refractivity contribution < 1.29 is 19.1 Å². The van der Waals surface area contributed by atoms with E-state index in [1.165, 1.54) is 0 Å². The average molecular weight is 435 g/mol. The number of ether oxygens (including phenoxy) is 2. The minimum Gasteiger partial charge on any atom is -0.490 e. The first kappa shape index (κ1) is 22.1. The summed E-state index contributed by atoms with van der Waals surface area (Å²) in [6, 6.07) is 6.91. The maximum absolute atomic E-state index is 12.8. The van der Waals surface area contributed by atoms with Gasteiger partial charge in [-0.25, -0.2) is 0 Å². The molecule has 1 aromatic heterocycles. The number of nitrogens with zero attached hydrogens (tertiary/aromatic N) is 3. The summed E-state index contributed by atoms with van der Waals surface area (Å²) in [5.41, 5.74) is 6.46. The van der Waals surface area contributed by atoms with Gasteiger partial charge < -0.3 is 20.1 Å². The van der Waals surface area contributed by atoms with Gasteiger partial charge in [-0.3, -0.25) is 14.3 Å². The zero-order valence-electron chi connectivity index (χ0n) is 17.3. The molecule has 8 nitrogen and oxygen atoms in total. The summed E-state index contributed by atoms with van der Waals surface area (Å²) >= 11 is 5.90. The van der Waals surface area contributed by atoms with Crippen molar-refractivity contribution in [3.05, 3.63) is 46.7 Å². The number of primary amides is 1. The molecule has 1 atom stereocenters. The second-order valence-corrected chi connectivity index (χ2v) is 8.08. The van der Waals surface area contributed by atoms with Crippen LogP contribution in [0.4, 0.5) is 0 Å². The lowest BCUT2D eigenvalue weighted by Gasteiger charge is -2.42. The fourth-order valence-corrected chi connectivity index (χ4v) is 3.79. The van der Waals surface area contributed by atoms with E-state index in [4.69, 9.17) is 26.8 Å². The number of rotatable bonds is 8. The summed E-state index contributed by atoms with van der Waals surface area (Å²) in [5, 5.41) is 4.91. The summed E-state index contributed by atoms with van der Waals surface area (Å²) in [4.78, 5) is 26.3. The van der Waals surface area contributed by atoms with E-state index in [2.05, 4.69) is 5.10 Å². The Labute approximate surface area is 180 Å². The van der Waals surface area contributed by atoms with Gasteiger partial charge in [-0.15, -0.1) is 0 Å². The Morgan fingerprint density at radius 3 is 2.70 bits per heavy atom. The van der Waals surface area contributed by atoms with Crippen LogP contribution in [-0.2, 0) is 27.8 Å². The summed E-state index contributed by atoms with van der Waals surface area (Å²) in [7, 11) is 1.86. The van der Waals surface area contributed by atoms with Crippen molar-refractivity contribution >= 4 is 23.4 Å². The molecule has 0 spiro atoms. The summed E-state index contributed by atoms with van der Waals surface area (Å²) in [6.45, 7) is 3.05. The number of aromatic nitrogens is 2. The number of aryl methyl sites for hydroxylation is 3. The molecule has 0 saturated carbocycles. The van der Waals surface area contributed by atoms with E-state index in [9.17, 15) is 9.59 Å². The van der Waals surface area contributed by atoms with Gasteiger partial charge in [0.05, 0.1) is 25.3 Å². The van der Waals surface area contributed by atoms with Crippen LogP contribution in [0.1, 0.15) is 24.1 Å². The van der Waals surface area contributed by atoms with Crippen molar-refractivity contribution in [1.82, 2.24) is 14.7 Å². The van der Waals surface area contributed by atoms with Gasteiger partial charge in [-0.05, 0) is 43.2 Å². The Bertz CT molecular complexity index is 899. The number of amides is 2. The zero-order valence-corrected chi connectivity index (χ0v) is 18.0. The first-order valence-electron chi connectivity index (χ1n) is 9.84. The molecule has 1 aliphatic heterocycles. The number of carbonyl (C=O) groups is 2. The van der Waals surface area contributed by atoms with Gasteiger partial charge in [0.25, 0.3) is 0 Å². The van der Waals surface area contributed by atoms with Gasteiger partial charge in [0.15, 0.2) is 0 Å². The number of carbonyl (C=O) groups excluding carboxylic acids is 2. The van der Waals surface area contributed by atoms with E-state index >= 15 is 0 Å². The number of halogens is 1. The quantitative estimate of drug-likeness (QED) is 0.683. The maximum atomic E-state index is 12.8. The Morgan fingerprint density at radius 2 is 2.07 bits per heavy atom. The molecule has 0 bridgehead atoms. The Kier molecular flexibility index (Phi) is 6.99. The summed E-state index contributed by atoms with van der Waals surface area (Å²) in [5.74, 6) is 0.0965. The maximum Gasteiger partial charge on any atom is 0.223 e. The van der Waals surface area contributed by atoms with E-state index in [0.29, 0.717) is 36.8 Å². The molecule has 1 aliphatic rings. The predicted octanol–water partition coefficient (Wildman–Crippen LogP) is 1.87. The summed E-state index contributed by atoms with van der Waals surface area (Å²) < 4.78 is 13.5. The Hall–Kier alpha value is -2.58. The van der Waals surface area contributed by atoms with Gasteiger partial charge in [0.2, 0.25) is 11.8 Å². The van der Waals surface area contributed by atoms with Gasteiger partial charge in [0.1, 0.15) is 18.0 Å². The first-order valence-corrected chi connectivity index (χ1v) is 10.2. The third-order valence-electron chi connectivity index (χ3n) is 5.14.